The van der Waals surface area contributed by atoms with Crippen molar-refractivity contribution in [1.82, 2.24) is 9.78 Å². The van der Waals surface area contributed by atoms with E-state index in [0.29, 0.717) is 11.8 Å². The van der Waals surface area contributed by atoms with Gasteiger partial charge in [-0.15, -0.1) is 0 Å². The van der Waals surface area contributed by atoms with E-state index >= 15 is 0 Å². The van der Waals surface area contributed by atoms with E-state index in [1.807, 2.05) is 16.5 Å². The van der Waals surface area contributed by atoms with E-state index in [9.17, 15) is 0 Å². The maximum Gasteiger partial charge on any atom is 0.305 e. The summed E-state index contributed by atoms with van der Waals surface area (Å²) in [6.07, 6.45) is 2.06. The number of fused-ring (bicyclic) bond motifs is 1. The first-order valence-electron chi connectivity index (χ1n) is 6.42. The minimum absolute atomic E-state index is 0.375. The molecule has 2 aromatic heterocycles. The minimum Gasteiger partial charge on any atom is -0.274 e. The molecule has 0 unspecified atom stereocenters. The van der Waals surface area contributed by atoms with Gasteiger partial charge in [0.25, 0.3) is 0 Å². The van der Waals surface area contributed by atoms with Gasteiger partial charge in [0.15, 0.2) is 0 Å². The van der Waals surface area contributed by atoms with Gasteiger partial charge < -0.3 is 0 Å². The van der Waals surface area contributed by atoms with Crippen LogP contribution >= 0.6 is 0 Å². The van der Waals surface area contributed by atoms with Crippen LogP contribution in [0.4, 0.5) is 0 Å². The van der Waals surface area contributed by atoms with Crippen LogP contribution in [0.5, 0.6) is 0 Å². The van der Waals surface area contributed by atoms with Crippen LogP contribution in [0.1, 0.15) is 50.8 Å². The lowest BCUT2D eigenvalue weighted by molar-refractivity contribution is -0.865. The number of aryl methyl sites for hydroxylation is 1. The molecule has 98 valence electrons. The summed E-state index contributed by atoms with van der Waals surface area (Å²) in [7, 11) is 3.68. The van der Waals surface area contributed by atoms with E-state index in [1.165, 1.54) is 5.56 Å². The van der Waals surface area contributed by atoms with E-state index in [4.69, 9.17) is 4.84 Å². The zero-order valence-electron chi connectivity index (χ0n) is 12.1. The van der Waals surface area contributed by atoms with Crippen LogP contribution in [0.25, 0.3) is 11.0 Å². The Morgan fingerprint density at radius 3 is 2.39 bits per heavy atom. The topological polar surface area (TPSA) is 30.9 Å². The molecule has 0 aromatic carbocycles. The Kier molecular flexibility index (Phi) is 3.28. The lowest BCUT2D eigenvalue weighted by atomic mass is 10.0. The highest BCUT2D eigenvalue weighted by molar-refractivity contribution is 5.75. The third-order valence-electron chi connectivity index (χ3n) is 3.29. The molecule has 0 radical (unpaired) electrons. The minimum atomic E-state index is 0.375. The highest BCUT2D eigenvalue weighted by Gasteiger charge is 2.25. The molecule has 0 aliphatic rings. The first-order valence-corrected chi connectivity index (χ1v) is 6.42. The zero-order chi connectivity index (χ0) is 13.4. The van der Waals surface area contributed by atoms with Crippen LogP contribution in [0, 0.1) is 0 Å². The monoisotopic (exact) mass is 248 g/mol. The van der Waals surface area contributed by atoms with Gasteiger partial charge >= 0.3 is 5.52 Å². The molecule has 0 saturated carbocycles. The standard InChI is InChI=1S/C14H22N3O/c1-9(2)11-7-12-14(17(8-11)18-6)13(10(3)4)15-16(12)5/h7-10H,1-6H3/q+1. The first-order chi connectivity index (χ1) is 8.45. The Bertz CT molecular complexity index is 570. The predicted octanol–water partition coefficient (Wildman–Crippen LogP) is 2.17. The van der Waals surface area contributed by atoms with E-state index < -0.39 is 0 Å². The van der Waals surface area contributed by atoms with Gasteiger partial charge in [-0.3, -0.25) is 9.52 Å². The van der Waals surface area contributed by atoms with Crippen molar-refractivity contribution in [2.45, 2.75) is 39.5 Å². The summed E-state index contributed by atoms with van der Waals surface area (Å²) in [5, 5.41) is 4.61. The number of aromatic nitrogens is 3. The van der Waals surface area contributed by atoms with Crippen LogP contribution in [0.3, 0.4) is 0 Å². The van der Waals surface area contributed by atoms with Crippen molar-refractivity contribution >= 4 is 11.0 Å². The number of rotatable bonds is 3. The van der Waals surface area contributed by atoms with Crippen LogP contribution < -0.4 is 9.57 Å². The highest BCUT2D eigenvalue weighted by Crippen LogP contribution is 2.24. The normalized spacial score (nSPS) is 11.8. The second-order valence-corrected chi connectivity index (χ2v) is 5.33. The summed E-state index contributed by atoms with van der Waals surface area (Å²) >= 11 is 0. The third kappa shape index (κ3) is 1.96. The van der Waals surface area contributed by atoms with Gasteiger partial charge in [-0.25, -0.2) is 0 Å². The van der Waals surface area contributed by atoms with Crippen LogP contribution in [0.15, 0.2) is 12.3 Å². The van der Waals surface area contributed by atoms with Crippen molar-refractivity contribution < 1.29 is 9.57 Å². The van der Waals surface area contributed by atoms with E-state index in [2.05, 4.69) is 45.1 Å². The van der Waals surface area contributed by atoms with Gasteiger partial charge in [-0.05, 0) is 12.0 Å². The maximum absolute atomic E-state index is 5.49. The van der Waals surface area contributed by atoms with Crippen molar-refractivity contribution in [3.8, 4) is 0 Å². The molecule has 0 N–H and O–H groups in total. The molecule has 0 amide bonds. The lowest BCUT2D eigenvalue weighted by Gasteiger charge is -2.04. The Morgan fingerprint density at radius 2 is 1.89 bits per heavy atom. The van der Waals surface area contributed by atoms with Crippen LogP contribution in [-0.2, 0) is 7.05 Å². The summed E-state index contributed by atoms with van der Waals surface area (Å²) in [6, 6.07) is 2.20. The molecule has 0 bridgehead atoms. The van der Waals surface area contributed by atoms with Crippen LogP contribution in [-0.4, -0.2) is 16.9 Å². The Labute approximate surface area is 108 Å². The molecule has 0 aliphatic heterocycles. The molecule has 0 fully saturated rings. The van der Waals surface area contributed by atoms with Gasteiger partial charge in [0.1, 0.15) is 18.3 Å². The highest BCUT2D eigenvalue weighted by atomic mass is 16.6. The SMILES string of the molecule is CO[n+]1cc(C(C)C)cc2c1c(C(C)C)nn2C. The van der Waals surface area contributed by atoms with Gasteiger partial charge in [0, 0.05) is 23.3 Å². The number of hydrogen-bond acceptors (Lipinski definition) is 2. The third-order valence-corrected chi connectivity index (χ3v) is 3.29. The van der Waals surface area contributed by atoms with Gasteiger partial charge in [-0.2, -0.15) is 5.10 Å². The fourth-order valence-corrected chi connectivity index (χ4v) is 2.18. The van der Waals surface area contributed by atoms with Gasteiger partial charge in [-0.1, -0.05) is 27.7 Å². The smallest absolute Gasteiger partial charge is 0.274 e. The first kappa shape index (κ1) is 12.9. The van der Waals surface area contributed by atoms with E-state index in [-0.39, 0.29) is 0 Å². The molecule has 2 aromatic rings. The van der Waals surface area contributed by atoms with E-state index in [1.54, 1.807) is 7.11 Å². The summed E-state index contributed by atoms with van der Waals surface area (Å²) in [5.74, 6) is 0.841. The molecule has 18 heavy (non-hydrogen) atoms. The van der Waals surface area contributed by atoms with Crippen molar-refractivity contribution in [3.63, 3.8) is 0 Å². The van der Waals surface area contributed by atoms with Crippen molar-refractivity contribution in [3.05, 3.63) is 23.5 Å². The molecule has 2 rings (SSSR count). The average molecular weight is 248 g/mol. The summed E-state index contributed by atoms with van der Waals surface area (Å²) in [5.41, 5.74) is 4.51. The predicted molar refractivity (Wildman–Crippen MR) is 71.6 cm³/mol. The zero-order valence-corrected chi connectivity index (χ0v) is 12.1. The molecule has 0 aliphatic carbocycles. The molecule has 4 heteroatoms. The molecular weight excluding hydrogens is 226 g/mol. The average Bonchev–Trinajstić information content (AvgIpc) is 2.66. The molecule has 0 saturated heterocycles. The largest absolute Gasteiger partial charge is 0.305 e. The quantitative estimate of drug-likeness (QED) is 0.779. The van der Waals surface area contributed by atoms with Gasteiger partial charge in [0.2, 0.25) is 6.20 Å². The molecule has 4 nitrogen and oxygen atoms in total. The summed E-state index contributed by atoms with van der Waals surface area (Å²) in [4.78, 5) is 5.49. The summed E-state index contributed by atoms with van der Waals surface area (Å²) in [6.45, 7) is 8.66. The molecule has 0 spiro atoms. The lowest BCUT2D eigenvalue weighted by Crippen LogP contribution is -2.42. The maximum atomic E-state index is 5.49. The Hall–Kier alpha value is -1.58. The fourth-order valence-electron chi connectivity index (χ4n) is 2.18. The molecule has 2 heterocycles. The number of pyridine rings is 1. The van der Waals surface area contributed by atoms with E-state index in [0.717, 1.165) is 16.7 Å². The molecular formula is C14H22N3O+. The van der Waals surface area contributed by atoms with Crippen molar-refractivity contribution in [2.75, 3.05) is 7.11 Å². The number of nitrogens with zero attached hydrogens (tertiary/aromatic N) is 3. The van der Waals surface area contributed by atoms with Gasteiger partial charge in [0.05, 0.1) is 0 Å². The number of hydrogen-bond donors (Lipinski definition) is 0. The Balaban J connectivity index is 2.80. The van der Waals surface area contributed by atoms with Crippen molar-refractivity contribution in [1.29, 1.82) is 0 Å². The Morgan fingerprint density at radius 1 is 1.22 bits per heavy atom. The second kappa shape index (κ2) is 4.59. The second-order valence-electron chi connectivity index (χ2n) is 5.33. The fraction of sp³-hybridized carbons (Fsp3) is 0.571. The van der Waals surface area contributed by atoms with Crippen LogP contribution in [0.2, 0.25) is 0 Å². The summed E-state index contributed by atoms with van der Waals surface area (Å²) < 4.78 is 3.78. The molecule has 0 atom stereocenters. The van der Waals surface area contributed by atoms with Crippen molar-refractivity contribution in [2.24, 2.45) is 7.05 Å².